The number of hydrogen-bond donors (Lipinski definition) is 0. The number of alkyl halides is 1. The highest BCUT2D eigenvalue weighted by Crippen LogP contribution is 2.20. The summed E-state index contributed by atoms with van der Waals surface area (Å²) in [6, 6.07) is 4.97. The fourth-order valence-corrected chi connectivity index (χ4v) is 2.42. The average Bonchev–Trinajstić information content (AvgIpc) is 2.22. The molecule has 1 atom stereocenters. The minimum Gasteiger partial charge on any atom is -0.298 e. The van der Waals surface area contributed by atoms with Gasteiger partial charge in [0.2, 0.25) is 0 Å². The van der Waals surface area contributed by atoms with Crippen molar-refractivity contribution in [3.8, 4) is 0 Å². The van der Waals surface area contributed by atoms with Crippen LogP contribution < -0.4 is 0 Å². The van der Waals surface area contributed by atoms with Crippen molar-refractivity contribution in [2.75, 3.05) is 0 Å². The summed E-state index contributed by atoms with van der Waals surface area (Å²) in [4.78, 5) is 11.4. The maximum atomic E-state index is 13.5. The zero-order valence-corrected chi connectivity index (χ0v) is 11.3. The predicted octanol–water partition coefficient (Wildman–Crippen LogP) is 3.67. The van der Waals surface area contributed by atoms with Gasteiger partial charge in [-0.25, -0.2) is 4.39 Å². The highest BCUT2D eigenvalue weighted by atomic mass is 79.9. The number of Topliss-reactive ketones (excluding diaryl/α,β-unsaturated/α-hetero) is 1. The molecule has 1 aromatic rings. The quantitative estimate of drug-likeness (QED) is 0.772. The number of carbonyl (C=O) groups excluding carboxylic acids is 1. The van der Waals surface area contributed by atoms with E-state index in [1.54, 1.807) is 6.07 Å². The topological polar surface area (TPSA) is 17.1 Å². The molecular formula is C13H16BrFO. The molecule has 0 aliphatic rings. The smallest absolute Gasteiger partial charge is 0.149 e. The molecule has 3 heteroatoms. The maximum Gasteiger partial charge on any atom is 0.149 e. The van der Waals surface area contributed by atoms with Crippen LogP contribution in [0.2, 0.25) is 0 Å². The monoisotopic (exact) mass is 286 g/mol. The Morgan fingerprint density at radius 3 is 2.56 bits per heavy atom. The van der Waals surface area contributed by atoms with Crippen LogP contribution in [0.15, 0.2) is 18.2 Å². The van der Waals surface area contributed by atoms with Gasteiger partial charge < -0.3 is 0 Å². The van der Waals surface area contributed by atoms with Crippen LogP contribution in [-0.2, 0) is 11.2 Å². The van der Waals surface area contributed by atoms with Crippen LogP contribution in [0.3, 0.4) is 0 Å². The molecule has 0 radical (unpaired) electrons. The lowest BCUT2D eigenvalue weighted by Crippen LogP contribution is -2.22. The Balaban J connectivity index is 2.85. The predicted molar refractivity (Wildman–Crippen MR) is 67.4 cm³/mol. The molecule has 0 N–H and O–H groups in total. The molecule has 1 unspecified atom stereocenters. The fraction of sp³-hybridized carbons (Fsp3) is 0.462. The van der Waals surface area contributed by atoms with Crippen molar-refractivity contribution in [1.82, 2.24) is 0 Å². The van der Waals surface area contributed by atoms with Crippen molar-refractivity contribution in [2.45, 2.75) is 32.0 Å². The van der Waals surface area contributed by atoms with Crippen LogP contribution in [0, 0.1) is 18.7 Å². The molecular weight excluding hydrogens is 271 g/mol. The normalized spacial score (nSPS) is 12.9. The van der Waals surface area contributed by atoms with E-state index in [-0.39, 0.29) is 22.3 Å². The molecule has 0 aliphatic carbocycles. The van der Waals surface area contributed by atoms with E-state index in [2.05, 4.69) is 15.9 Å². The standard InChI is InChI=1S/C13H16BrFO/c1-8(2)13(16)11(14)7-10-9(3)5-4-6-12(10)15/h4-6,8,11H,7H2,1-3H3. The number of hydrogen-bond acceptors (Lipinski definition) is 1. The van der Waals surface area contributed by atoms with Gasteiger partial charge in [0.1, 0.15) is 11.6 Å². The molecule has 0 spiro atoms. The number of aryl methyl sites for hydroxylation is 1. The Bertz CT molecular complexity index is 367. The minimum absolute atomic E-state index is 0.0311. The molecule has 0 aromatic heterocycles. The second-order valence-corrected chi connectivity index (χ2v) is 5.37. The van der Waals surface area contributed by atoms with Gasteiger partial charge in [-0.2, -0.15) is 0 Å². The number of ketones is 1. The summed E-state index contributed by atoms with van der Waals surface area (Å²) >= 11 is 3.33. The summed E-state index contributed by atoms with van der Waals surface area (Å²) in [6.07, 6.45) is 0.412. The summed E-state index contributed by atoms with van der Waals surface area (Å²) in [5, 5.41) is 0. The van der Waals surface area contributed by atoms with Crippen molar-refractivity contribution in [1.29, 1.82) is 0 Å². The van der Waals surface area contributed by atoms with Crippen molar-refractivity contribution in [3.63, 3.8) is 0 Å². The first-order valence-electron chi connectivity index (χ1n) is 5.35. The molecule has 0 aliphatic heterocycles. The van der Waals surface area contributed by atoms with Crippen molar-refractivity contribution < 1.29 is 9.18 Å². The van der Waals surface area contributed by atoms with Crippen molar-refractivity contribution in [2.24, 2.45) is 5.92 Å². The van der Waals surface area contributed by atoms with Gasteiger partial charge in [0.15, 0.2) is 0 Å². The lowest BCUT2D eigenvalue weighted by Gasteiger charge is -2.13. The van der Waals surface area contributed by atoms with E-state index in [9.17, 15) is 9.18 Å². The number of benzene rings is 1. The second-order valence-electron chi connectivity index (χ2n) is 4.26. The number of carbonyl (C=O) groups is 1. The molecule has 0 saturated carbocycles. The van der Waals surface area contributed by atoms with Crippen molar-refractivity contribution >= 4 is 21.7 Å². The van der Waals surface area contributed by atoms with E-state index < -0.39 is 0 Å². The molecule has 0 fully saturated rings. The van der Waals surface area contributed by atoms with Gasteiger partial charge in [-0.15, -0.1) is 0 Å². The van der Waals surface area contributed by atoms with Crippen LogP contribution in [0.5, 0.6) is 0 Å². The molecule has 1 rings (SSSR count). The minimum atomic E-state index is -0.303. The van der Waals surface area contributed by atoms with Gasteiger partial charge in [-0.3, -0.25) is 4.79 Å². The first-order valence-corrected chi connectivity index (χ1v) is 6.26. The zero-order valence-electron chi connectivity index (χ0n) is 9.76. The van der Waals surface area contributed by atoms with E-state index in [4.69, 9.17) is 0 Å². The molecule has 1 nitrogen and oxygen atoms in total. The molecule has 16 heavy (non-hydrogen) atoms. The highest BCUT2D eigenvalue weighted by molar-refractivity contribution is 9.10. The summed E-state index contributed by atoms with van der Waals surface area (Å²) in [7, 11) is 0. The first-order chi connectivity index (χ1) is 7.43. The van der Waals surface area contributed by atoms with E-state index in [0.717, 1.165) is 5.56 Å². The van der Waals surface area contributed by atoms with E-state index in [1.165, 1.54) is 6.07 Å². The Morgan fingerprint density at radius 1 is 1.44 bits per heavy atom. The third-order valence-corrected chi connectivity index (χ3v) is 3.39. The van der Waals surface area contributed by atoms with E-state index in [1.807, 2.05) is 26.8 Å². The fourth-order valence-electron chi connectivity index (χ4n) is 1.57. The molecule has 1 aromatic carbocycles. The van der Waals surface area contributed by atoms with Gasteiger partial charge in [0.05, 0.1) is 4.83 Å². The zero-order chi connectivity index (χ0) is 12.3. The Kier molecular flexibility index (Phi) is 4.66. The van der Waals surface area contributed by atoms with Crippen LogP contribution >= 0.6 is 15.9 Å². The van der Waals surface area contributed by atoms with E-state index >= 15 is 0 Å². The largest absolute Gasteiger partial charge is 0.298 e. The average molecular weight is 287 g/mol. The van der Waals surface area contributed by atoms with Gasteiger partial charge in [-0.1, -0.05) is 41.9 Å². The van der Waals surface area contributed by atoms with Crippen LogP contribution in [-0.4, -0.2) is 10.6 Å². The number of halogens is 2. The van der Waals surface area contributed by atoms with Crippen LogP contribution in [0.25, 0.3) is 0 Å². The maximum absolute atomic E-state index is 13.5. The Hall–Kier alpha value is -0.700. The molecule has 0 amide bonds. The lowest BCUT2D eigenvalue weighted by molar-refractivity contribution is -0.121. The van der Waals surface area contributed by atoms with Gasteiger partial charge in [0.25, 0.3) is 0 Å². The molecule has 0 heterocycles. The van der Waals surface area contributed by atoms with Crippen LogP contribution in [0.1, 0.15) is 25.0 Å². The number of rotatable bonds is 4. The highest BCUT2D eigenvalue weighted by Gasteiger charge is 2.20. The Morgan fingerprint density at radius 2 is 2.06 bits per heavy atom. The van der Waals surface area contributed by atoms with Gasteiger partial charge in [-0.05, 0) is 30.5 Å². The summed E-state index contributed by atoms with van der Waals surface area (Å²) in [5.41, 5.74) is 1.51. The third-order valence-electron chi connectivity index (χ3n) is 2.61. The summed E-state index contributed by atoms with van der Waals surface area (Å²) in [6.45, 7) is 5.56. The first kappa shape index (κ1) is 13.4. The SMILES string of the molecule is Cc1cccc(F)c1CC(Br)C(=O)C(C)C. The molecule has 0 bridgehead atoms. The van der Waals surface area contributed by atoms with Crippen molar-refractivity contribution in [3.05, 3.63) is 35.1 Å². The third kappa shape index (κ3) is 3.14. The summed E-state index contributed by atoms with van der Waals surface area (Å²) in [5.74, 6) is -0.153. The van der Waals surface area contributed by atoms with E-state index in [0.29, 0.717) is 12.0 Å². The summed E-state index contributed by atoms with van der Waals surface area (Å²) < 4.78 is 13.5. The second kappa shape index (κ2) is 5.58. The van der Waals surface area contributed by atoms with Gasteiger partial charge >= 0.3 is 0 Å². The Labute approximate surface area is 104 Å². The van der Waals surface area contributed by atoms with Gasteiger partial charge in [0, 0.05) is 5.92 Å². The molecule has 0 saturated heterocycles. The lowest BCUT2D eigenvalue weighted by atomic mass is 9.98. The van der Waals surface area contributed by atoms with Crippen LogP contribution in [0.4, 0.5) is 4.39 Å². The molecule has 88 valence electrons.